The number of hydrogen-bond acceptors (Lipinski definition) is 6. The number of aliphatic hydroxyl groups excluding tert-OH is 2. The number of amides is 1. The number of carbonyl (C=O) groups is 1. The van der Waals surface area contributed by atoms with Crippen molar-refractivity contribution in [2.45, 2.75) is 25.3 Å². The molecular weight excluding hydrogens is 508 g/mol. The van der Waals surface area contributed by atoms with Crippen molar-refractivity contribution in [3.8, 4) is 28.4 Å². The summed E-state index contributed by atoms with van der Waals surface area (Å²) in [7, 11) is 4.67. The topological polar surface area (TPSA) is 113 Å². The van der Waals surface area contributed by atoms with E-state index >= 15 is 0 Å². The van der Waals surface area contributed by atoms with E-state index in [-0.39, 0.29) is 19.1 Å². The molecule has 4 aromatic rings. The Bertz CT molecular complexity index is 1450. The summed E-state index contributed by atoms with van der Waals surface area (Å²) in [6.45, 7) is -0.0891. The van der Waals surface area contributed by atoms with Crippen LogP contribution in [0.15, 0.2) is 66.9 Å². The second-order valence-electron chi connectivity index (χ2n) is 9.44. The summed E-state index contributed by atoms with van der Waals surface area (Å²) in [6.07, 6.45) is 7.67. The highest BCUT2D eigenvalue weighted by Crippen LogP contribution is 2.41. The fourth-order valence-electron chi connectivity index (χ4n) is 4.72. The van der Waals surface area contributed by atoms with Crippen LogP contribution in [0.5, 0.6) is 17.2 Å². The highest BCUT2D eigenvalue weighted by molar-refractivity contribution is 5.96. The molecule has 0 radical (unpaired) electrons. The lowest BCUT2D eigenvalue weighted by Crippen LogP contribution is -2.39. The third-order valence-electron chi connectivity index (χ3n) is 6.75. The maximum atomic E-state index is 13.5. The fraction of sp³-hybridized carbons (Fsp3) is 0.281. The van der Waals surface area contributed by atoms with Crippen LogP contribution in [0.2, 0.25) is 0 Å². The molecule has 210 valence electrons. The van der Waals surface area contributed by atoms with Crippen LogP contribution < -0.4 is 19.5 Å². The van der Waals surface area contributed by atoms with E-state index in [0.717, 1.165) is 33.2 Å². The van der Waals surface area contributed by atoms with Gasteiger partial charge >= 0.3 is 0 Å². The zero-order valence-electron chi connectivity index (χ0n) is 23.1. The van der Waals surface area contributed by atoms with Crippen molar-refractivity contribution in [1.29, 1.82) is 0 Å². The number of ether oxygens (including phenoxy) is 3. The predicted octanol–water partition coefficient (Wildman–Crippen LogP) is 4.98. The Morgan fingerprint density at radius 3 is 2.38 bits per heavy atom. The number of para-hydroxylation sites is 1. The Kier molecular flexibility index (Phi) is 9.83. The monoisotopic (exact) mass is 544 g/mol. The van der Waals surface area contributed by atoms with E-state index in [1.165, 1.54) is 0 Å². The molecule has 0 spiro atoms. The number of aromatic nitrogens is 1. The van der Waals surface area contributed by atoms with Crippen LogP contribution >= 0.6 is 0 Å². The number of hydrogen-bond donors (Lipinski definition) is 4. The molecule has 0 saturated carbocycles. The maximum Gasteiger partial charge on any atom is 0.251 e. The van der Waals surface area contributed by atoms with Gasteiger partial charge in [-0.15, -0.1) is 0 Å². The quantitative estimate of drug-likeness (QED) is 0.177. The summed E-state index contributed by atoms with van der Waals surface area (Å²) in [5.74, 6) is 1.20. The Labute approximate surface area is 234 Å². The number of nitrogens with one attached hydrogen (secondary N) is 2. The molecule has 0 unspecified atom stereocenters. The molecule has 0 aliphatic rings. The maximum absolute atomic E-state index is 13.5. The smallest absolute Gasteiger partial charge is 0.251 e. The number of carbonyl (C=O) groups excluding carboxylic acids is 1. The zero-order chi connectivity index (χ0) is 28.5. The minimum absolute atomic E-state index is 0.114. The van der Waals surface area contributed by atoms with Crippen LogP contribution in [0.4, 0.5) is 0 Å². The van der Waals surface area contributed by atoms with Crippen molar-refractivity contribution in [3.05, 3.63) is 83.6 Å². The molecule has 1 amide bonds. The molecule has 0 bridgehead atoms. The average Bonchev–Trinajstić information content (AvgIpc) is 3.40. The first-order chi connectivity index (χ1) is 19.5. The van der Waals surface area contributed by atoms with Crippen molar-refractivity contribution in [3.63, 3.8) is 0 Å². The third-order valence-corrected chi connectivity index (χ3v) is 6.75. The summed E-state index contributed by atoms with van der Waals surface area (Å²) in [5, 5.41) is 23.3. The molecule has 0 fully saturated rings. The van der Waals surface area contributed by atoms with Gasteiger partial charge < -0.3 is 34.7 Å². The molecule has 0 saturated heterocycles. The number of aromatic amines is 1. The molecule has 1 heterocycles. The van der Waals surface area contributed by atoms with Gasteiger partial charge in [0.05, 0.1) is 34.0 Å². The lowest BCUT2D eigenvalue weighted by Gasteiger charge is -2.18. The van der Waals surface area contributed by atoms with Gasteiger partial charge in [0.2, 0.25) is 5.75 Å². The van der Waals surface area contributed by atoms with Crippen LogP contribution in [0.25, 0.3) is 28.1 Å². The van der Waals surface area contributed by atoms with Crippen LogP contribution in [0.1, 0.15) is 34.3 Å². The van der Waals surface area contributed by atoms with Crippen molar-refractivity contribution in [2.24, 2.45) is 0 Å². The summed E-state index contributed by atoms with van der Waals surface area (Å²) in [6, 6.07) is 16.7. The zero-order valence-corrected chi connectivity index (χ0v) is 23.1. The summed E-state index contributed by atoms with van der Waals surface area (Å²) < 4.78 is 16.5. The molecule has 40 heavy (non-hydrogen) atoms. The van der Waals surface area contributed by atoms with Crippen LogP contribution in [0.3, 0.4) is 0 Å². The van der Waals surface area contributed by atoms with Gasteiger partial charge in [-0.25, -0.2) is 0 Å². The van der Waals surface area contributed by atoms with E-state index in [1.807, 2.05) is 66.9 Å². The van der Waals surface area contributed by atoms with Gasteiger partial charge in [-0.2, -0.15) is 0 Å². The van der Waals surface area contributed by atoms with Gasteiger partial charge in [-0.1, -0.05) is 30.4 Å². The van der Waals surface area contributed by atoms with Crippen LogP contribution in [0, 0.1) is 0 Å². The summed E-state index contributed by atoms with van der Waals surface area (Å²) in [5.41, 5.74) is 4.87. The third kappa shape index (κ3) is 6.65. The number of benzene rings is 3. The lowest BCUT2D eigenvalue weighted by atomic mass is 9.97. The van der Waals surface area contributed by atoms with Crippen LogP contribution in [-0.4, -0.2) is 61.7 Å². The van der Waals surface area contributed by atoms with Crippen molar-refractivity contribution in [1.82, 2.24) is 10.3 Å². The number of methoxy groups -OCH3 is 3. The number of fused-ring (bicyclic) bond motifs is 1. The Balaban J connectivity index is 1.67. The van der Waals surface area contributed by atoms with E-state index < -0.39 is 6.04 Å². The standard InChI is InChI=1S/C32H36N2O6/c1-38-29-17-23(18-30(39-2)31(29)40-3)22-13-21(9-5-4-8-12-35)14-24(15-22)32(37)34-26(20-36)16-25-19-33-28-11-7-6-10-27(25)28/h5-7,9-11,13-15,17-19,26,33,35-36H,4,8,12,16,20H2,1-3H3,(H,34,37)/b9-5-/t26-/m1/s1. The Hall–Kier alpha value is -4.27. The first-order valence-electron chi connectivity index (χ1n) is 13.2. The van der Waals surface area contributed by atoms with E-state index in [9.17, 15) is 9.90 Å². The molecule has 0 aliphatic heterocycles. The SMILES string of the molecule is COc1cc(-c2cc(/C=C\CCCO)cc(C(=O)N[C@@H](CO)Cc3c[nH]c4ccccc34)c2)cc(OC)c1OC. The molecule has 8 nitrogen and oxygen atoms in total. The highest BCUT2D eigenvalue weighted by atomic mass is 16.5. The minimum atomic E-state index is -0.472. The molecule has 1 aromatic heterocycles. The molecule has 4 rings (SSSR count). The molecular formula is C32H36N2O6. The number of unbranched alkanes of at least 4 members (excludes halogenated alkanes) is 1. The fourth-order valence-corrected chi connectivity index (χ4v) is 4.72. The second-order valence-corrected chi connectivity index (χ2v) is 9.44. The molecule has 3 aromatic carbocycles. The van der Waals surface area contributed by atoms with Gasteiger partial charge in [-0.3, -0.25) is 4.79 Å². The number of allylic oxidation sites excluding steroid dienone is 1. The molecule has 0 aliphatic carbocycles. The van der Waals surface area contributed by atoms with E-state index in [2.05, 4.69) is 10.3 Å². The van der Waals surface area contributed by atoms with Crippen molar-refractivity contribution in [2.75, 3.05) is 34.5 Å². The second kappa shape index (κ2) is 13.7. The van der Waals surface area contributed by atoms with Crippen molar-refractivity contribution < 1.29 is 29.2 Å². The largest absolute Gasteiger partial charge is 0.493 e. The first-order valence-corrected chi connectivity index (χ1v) is 13.2. The van der Waals surface area contributed by atoms with Crippen LogP contribution in [-0.2, 0) is 6.42 Å². The first kappa shape index (κ1) is 28.7. The molecule has 4 N–H and O–H groups in total. The average molecular weight is 545 g/mol. The Morgan fingerprint density at radius 2 is 1.70 bits per heavy atom. The number of aliphatic hydroxyl groups is 2. The van der Waals surface area contributed by atoms with E-state index in [1.54, 1.807) is 27.4 Å². The molecule has 8 heteroatoms. The Morgan fingerprint density at radius 1 is 0.975 bits per heavy atom. The lowest BCUT2D eigenvalue weighted by molar-refractivity contribution is 0.0916. The number of rotatable bonds is 13. The summed E-state index contributed by atoms with van der Waals surface area (Å²) in [4.78, 5) is 16.8. The molecule has 1 atom stereocenters. The number of H-pyrrole nitrogens is 1. The normalized spacial score (nSPS) is 12.0. The van der Waals surface area contributed by atoms with Gasteiger partial charge in [0.25, 0.3) is 5.91 Å². The summed E-state index contributed by atoms with van der Waals surface area (Å²) >= 11 is 0. The predicted molar refractivity (Wildman–Crippen MR) is 157 cm³/mol. The van der Waals surface area contributed by atoms with Gasteiger partial charge in [0, 0.05) is 29.3 Å². The van der Waals surface area contributed by atoms with E-state index in [0.29, 0.717) is 42.1 Å². The van der Waals surface area contributed by atoms with Gasteiger partial charge in [-0.05, 0) is 77.9 Å². The van der Waals surface area contributed by atoms with Gasteiger partial charge in [0.1, 0.15) is 0 Å². The van der Waals surface area contributed by atoms with E-state index in [4.69, 9.17) is 19.3 Å². The minimum Gasteiger partial charge on any atom is -0.493 e. The van der Waals surface area contributed by atoms with Crippen molar-refractivity contribution >= 4 is 22.9 Å². The van der Waals surface area contributed by atoms with Gasteiger partial charge in [0.15, 0.2) is 11.5 Å². The highest BCUT2D eigenvalue weighted by Gasteiger charge is 2.19.